The number of benzene rings is 2. The van der Waals surface area contributed by atoms with Gasteiger partial charge in [0, 0.05) is 0 Å². The lowest BCUT2D eigenvalue weighted by Crippen LogP contribution is -2.05. The molecule has 0 aliphatic carbocycles. The highest BCUT2D eigenvalue weighted by Crippen LogP contribution is 2.37. The number of thiazole rings is 1. The Morgan fingerprint density at radius 1 is 0.565 bits per heavy atom. The molecule has 0 saturated carbocycles. The molecule has 0 fully saturated rings. The fourth-order valence-electron chi connectivity index (χ4n) is 6.31. The molecule has 0 aliphatic rings. The van der Waals surface area contributed by atoms with Gasteiger partial charge in [-0.3, -0.25) is 0 Å². The molecule has 0 aliphatic heterocycles. The van der Waals surface area contributed by atoms with Crippen molar-refractivity contribution in [3.8, 4) is 5.75 Å². The van der Waals surface area contributed by atoms with E-state index in [-0.39, 0.29) is 0 Å². The summed E-state index contributed by atoms with van der Waals surface area (Å²) in [7, 11) is -2.39. The van der Waals surface area contributed by atoms with E-state index in [0.717, 1.165) is 31.2 Å². The Balaban J connectivity index is 0.000000686. The highest BCUT2D eigenvalue weighted by molar-refractivity contribution is 7.39. The average molecular weight is 672 g/mol. The second-order valence-corrected chi connectivity index (χ2v) is 14.5. The maximum Gasteiger partial charge on any atom is 0.391 e. The number of fused-ring (bicyclic) bond motifs is 1. The first-order valence-corrected chi connectivity index (χ1v) is 20.9. The molecule has 0 atom stereocenters. The van der Waals surface area contributed by atoms with Crippen molar-refractivity contribution < 1.29 is 14.3 Å². The van der Waals surface area contributed by atoms with Crippen molar-refractivity contribution in [3.63, 3.8) is 0 Å². The summed E-state index contributed by atoms with van der Waals surface area (Å²) >= 11 is 1.68. The Bertz CT molecular complexity index is 1100. The second-order valence-electron chi connectivity index (χ2n) is 13.0. The van der Waals surface area contributed by atoms with Crippen LogP contribution in [0.4, 0.5) is 0 Å². The highest BCUT2D eigenvalue weighted by atomic mass is 32.1. The molecule has 0 saturated heterocycles. The quantitative estimate of drug-likeness (QED) is 0.0658. The molecule has 2 N–H and O–H groups in total. The van der Waals surface area contributed by atoms with Crippen LogP contribution < -0.4 is 4.52 Å². The van der Waals surface area contributed by atoms with Crippen molar-refractivity contribution in [2.24, 2.45) is 0 Å². The number of para-hydroxylation sites is 1. The van der Waals surface area contributed by atoms with Crippen LogP contribution in [0.3, 0.4) is 0 Å². The van der Waals surface area contributed by atoms with E-state index in [9.17, 15) is 9.79 Å². The molecule has 46 heavy (non-hydrogen) atoms. The fourth-order valence-corrected chi connectivity index (χ4v) is 7.33. The number of hydrogen-bond donors (Lipinski definition) is 2. The normalized spacial score (nSPS) is 11.3. The standard InChI is InChI=1S/C33H61O3P.C7H5NS/c1-4-7-10-13-16-19-22-25-30-28-29-33(36-37(34)35)32(27-24-21-18-15-12-9-6-3)31(30)26-23-20-17-14-11-8-5-2;1-2-4-7-6(3-1)8-5-9-7/h28-29,34-35H,4-27H2,1-3H3;1-5H. The van der Waals surface area contributed by atoms with Crippen LogP contribution in [0.5, 0.6) is 5.75 Å². The first kappa shape index (κ1) is 40.7. The van der Waals surface area contributed by atoms with E-state index in [2.05, 4.69) is 37.9 Å². The minimum absolute atomic E-state index is 0.711. The van der Waals surface area contributed by atoms with E-state index in [0.29, 0.717) is 5.75 Å². The predicted molar refractivity (Wildman–Crippen MR) is 203 cm³/mol. The van der Waals surface area contributed by atoms with Gasteiger partial charge in [0.2, 0.25) is 0 Å². The fraction of sp³-hybridized carbons (Fsp3) is 0.675. The maximum absolute atomic E-state index is 9.66. The topological polar surface area (TPSA) is 62.6 Å². The number of aryl methyl sites for hydroxylation is 1. The minimum atomic E-state index is -2.39. The van der Waals surface area contributed by atoms with Crippen LogP contribution in [0.2, 0.25) is 0 Å². The van der Waals surface area contributed by atoms with E-state index in [4.69, 9.17) is 4.52 Å². The molecule has 1 aromatic heterocycles. The van der Waals surface area contributed by atoms with Crippen molar-refractivity contribution in [3.05, 3.63) is 58.6 Å². The highest BCUT2D eigenvalue weighted by Gasteiger charge is 2.17. The van der Waals surface area contributed by atoms with Gasteiger partial charge in [0.1, 0.15) is 5.75 Å². The van der Waals surface area contributed by atoms with Crippen LogP contribution in [-0.4, -0.2) is 14.8 Å². The molecular weight excluding hydrogens is 605 g/mol. The lowest BCUT2D eigenvalue weighted by atomic mass is 9.89. The molecule has 0 amide bonds. The lowest BCUT2D eigenvalue weighted by Gasteiger charge is -2.20. The molecule has 0 bridgehead atoms. The molecular formula is C40H66NO3PS. The van der Waals surface area contributed by atoms with Crippen molar-refractivity contribution in [1.82, 2.24) is 4.98 Å². The van der Waals surface area contributed by atoms with Crippen LogP contribution in [-0.2, 0) is 19.3 Å². The molecule has 260 valence electrons. The third kappa shape index (κ3) is 18.1. The summed E-state index contributed by atoms with van der Waals surface area (Å²) < 4.78 is 6.84. The Morgan fingerprint density at radius 2 is 1.04 bits per heavy atom. The second kappa shape index (κ2) is 27.4. The van der Waals surface area contributed by atoms with E-state index in [1.165, 1.54) is 150 Å². The van der Waals surface area contributed by atoms with Gasteiger partial charge in [0.15, 0.2) is 0 Å². The minimum Gasteiger partial charge on any atom is -0.427 e. The molecule has 0 radical (unpaired) electrons. The molecule has 0 spiro atoms. The van der Waals surface area contributed by atoms with Gasteiger partial charge in [-0.2, -0.15) is 0 Å². The number of hydrogen-bond acceptors (Lipinski definition) is 5. The maximum atomic E-state index is 9.66. The van der Waals surface area contributed by atoms with Gasteiger partial charge in [-0.25, -0.2) is 4.98 Å². The summed E-state index contributed by atoms with van der Waals surface area (Å²) in [6, 6.07) is 12.4. The van der Waals surface area contributed by atoms with Gasteiger partial charge in [-0.1, -0.05) is 155 Å². The molecule has 1 heterocycles. The zero-order chi connectivity index (χ0) is 33.1. The third-order valence-electron chi connectivity index (χ3n) is 9.01. The Labute approximate surface area is 287 Å². The van der Waals surface area contributed by atoms with Gasteiger partial charge in [-0.05, 0) is 73.4 Å². The van der Waals surface area contributed by atoms with Crippen LogP contribution in [0.25, 0.3) is 10.2 Å². The third-order valence-corrected chi connectivity index (χ3v) is 10.2. The molecule has 6 heteroatoms. The molecule has 4 nitrogen and oxygen atoms in total. The average Bonchev–Trinajstić information content (AvgIpc) is 3.54. The lowest BCUT2D eigenvalue weighted by molar-refractivity contribution is 0.372. The molecule has 3 aromatic rings. The van der Waals surface area contributed by atoms with Crippen molar-refractivity contribution in [2.75, 3.05) is 0 Å². The van der Waals surface area contributed by atoms with Gasteiger partial charge in [0.05, 0.1) is 15.7 Å². The van der Waals surface area contributed by atoms with Crippen LogP contribution in [0.1, 0.15) is 172 Å². The summed E-state index contributed by atoms with van der Waals surface area (Å²) in [5.41, 5.74) is 7.16. The SMILES string of the molecule is CCCCCCCCCc1ccc(OP(O)O)c(CCCCCCCCC)c1CCCCCCCCC.c1ccc2scnc2c1. The van der Waals surface area contributed by atoms with Crippen molar-refractivity contribution in [2.45, 2.75) is 175 Å². The number of nitrogens with zero attached hydrogens (tertiary/aromatic N) is 1. The van der Waals surface area contributed by atoms with Crippen LogP contribution in [0.15, 0.2) is 41.9 Å². The predicted octanol–water partition coefficient (Wildman–Crippen LogP) is 13.5. The van der Waals surface area contributed by atoms with Crippen LogP contribution >= 0.6 is 19.9 Å². The van der Waals surface area contributed by atoms with E-state index in [1.807, 2.05) is 29.8 Å². The molecule has 3 rings (SSSR count). The van der Waals surface area contributed by atoms with E-state index >= 15 is 0 Å². The van der Waals surface area contributed by atoms with Crippen LogP contribution in [0, 0.1) is 0 Å². The summed E-state index contributed by atoms with van der Waals surface area (Å²) in [5, 5.41) is 0. The summed E-state index contributed by atoms with van der Waals surface area (Å²) in [6.07, 6.45) is 30.8. The number of aromatic nitrogens is 1. The number of unbranched alkanes of at least 4 members (excludes halogenated alkanes) is 18. The molecule has 2 aromatic carbocycles. The van der Waals surface area contributed by atoms with Gasteiger partial charge >= 0.3 is 8.60 Å². The monoisotopic (exact) mass is 671 g/mol. The summed E-state index contributed by atoms with van der Waals surface area (Å²) in [6.45, 7) is 6.82. The summed E-state index contributed by atoms with van der Waals surface area (Å²) in [4.78, 5) is 23.5. The largest absolute Gasteiger partial charge is 0.427 e. The van der Waals surface area contributed by atoms with Crippen molar-refractivity contribution in [1.29, 1.82) is 0 Å². The van der Waals surface area contributed by atoms with E-state index in [1.54, 1.807) is 11.3 Å². The van der Waals surface area contributed by atoms with Gasteiger partial charge in [0.25, 0.3) is 0 Å². The van der Waals surface area contributed by atoms with Gasteiger partial charge < -0.3 is 14.3 Å². The Kier molecular flexibility index (Phi) is 24.2. The summed E-state index contributed by atoms with van der Waals surface area (Å²) in [5.74, 6) is 0.711. The zero-order valence-electron chi connectivity index (χ0n) is 29.6. The molecule has 0 unspecified atom stereocenters. The first-order chi connectivity index (χ1) is 22.6. The number of rotatable bonds is 26. The smallest absolute Gasteiger partial charge is 0.391 e. The van der Waals surface area contributed by atoms with E-state index < -0.39 is 8.60 Å². The van der Waals surface area contributed by atoms with Gasteiger partial charge in [-0.15, -0.1) is 11.3 Å². The Morgan fingerprint density at radius 3 is 1.57 bits per heavy atom. The zero-order valence-corrected chi connectivity index (χ0v) is 31.3. The Hall–Kier alpha value is -1.52. The van der Waals surface area contributed by atoms with Crippen molar-refractivity contribution >= 4 is 30.2 Å². The first-order valence-electron chi connectivity index (χ1n) is 18.9.